The Kier molecular flexibility index (Phi) is 2.49. The first-order chi connectivity index (χ1) is 6.25. The summed E-state index contributed by atoms with van der Waals surface area (Å²) in [7, 11) is 0. The molecular formula is C11H14OS. The zero-order chi connectivity index (χ0) is 9.26. The fourth-order valence-corrected chi connectivity index (χ4v) is 2.37. The lowest BCUT2D eigenvalue weighted by Gasteiger charge is -2.24. The van der Waals surface area contributed by atoms with Gasteiger partial charge in [0, 0.05) is 22.2 Å². The zero-order valence-corrected chi connectivity index (χ0v) is 8.69. The van der Waals surface area contributed by atoms with Crippen LogP contribution < -0.4 is 0 Å². The van der Waals surface area contributed by atoms with E-state index in [0.717, 1.165) is 12.0 Å². The average molecular weight is 194 g/mol. The zero-order valence-electron chi connectivity index (χ0n) is 7.88. The standard InChI is InChI=1S/C11H14OS/c1-8-5-10(7-13-8)11(12)6-9-3-2-4-9/h5,7,9H,2-4,6H2,1H3. The minimum absolute atomic E-state index is 0.342. The molecule has 0 atom stereocenters. The Hall–Kier alpha value is -0.630. The molecule has 0 aliphatic heterocycles. The van der Waals surface area contributed by atoms with Crippen molar-refractivity contribution in [2.75, 3.05) is 0 Å². The number of carbonyl (C=O) groups is 1. The van der Waals surface area contributed by atoms with Crippen molar-refractivity contribution in [3.8, 4) is 0 Å². The van der Waals surface area contributed by atoms with E-state index in [9.17, 15) is 4.79 Å². The van der Waals surface area contributed by atoms with Crippen LogP contribution in [-0.2, 0) is 0 Å². The monoisotopic (exact) mass is 194 g/mol. The summed E-state index contributed by atoms with van der Waals surface area (Å²) < 4.78 is 0. The summed E-state index contributed by atoms with van der Waals surface area (Å²) in [5.74, 6) is 1.03. The molecule has 70 valence electrons. The van der Waals surface area contributed by atoms with Crippen molar-refractivity contribution >= 4 is 17.1 Å². The van der Waals surface area contributed by atoms with Gasteiger partial charge in [-0.25, -0.2) is 0 Å². The van der Waals surface area contributed by atoms with Gasteiger partial charge >= 0.3 is 0 Å². The van der Waals surface area contributed by atoms with Crippen LogP contribution in [0.2, 0.25) is 0 Å². The first-order valence-electron chi connectivity index (χ1n) is 4.84. The van der Waals surface area contributed by atoms with Crippen molar-refractivity contribution in [1.29, 1.82) is 0 Å². The van der Waals surface area contributed by atoms with Gasteiger partial charge in [-0.05, 0) is 18.9 Å². The molecule has 13 heavy (non-hydrogen) atoms. The van der Waals surface area contributed by atoms with Gasteiger partial charge in [0.15, 0.2) is 5.78 Å². The van der Waals surface area contributed by atoms with Crippen molar-refractivity contribution < 1.29 is 4.79 Å². The summed E-state index contributed by atoms with van der Waals surface area (Å²) in [6, 6.07) is 2.01. The Bertz CT molecular complexity index is 310. The van der Waals surface area contributed by atoms with E-state index in [4.69, 9.17) is 0 Å². The van der Waals surface area contributed by atoms with Crippen LogP contribution in [0.3, 0.4) is 0 Å². The molecule has 2 rings (SSSR count). The summed E-state index contributed by atoms with van der Waals surface area (Å²) in [5, 5.41) is 1.98. The molecule has 0 aromatic carbocycles. The maximum absolute atomic E-state index is 11.7. The third-order valence-corrected chi connectivity index (χ3v) is 3.61. The van der Waals surface area contributed by atoms with Gasteiger partial charge in [-0.2, -0.15) is 0 Å². The first kappa shape index (κ1) is 8.95. The molecular weight excluding hydrogens is 180 g/mol. The fourth-order valence-electron chi connectivity index (χ4n) is 1.67. The van der Waals surface area contributed by atoms with Crippen LogP contribution >= 0.6 is 11.3 Å². The quantitative estimate of drug-likeness (QED) is 0.674. The molecule has 1 heterocycles. The smallest absolute Gasteiger partial charge is 0.163 e. The van der Waals surface area contributed by atoms with Gasteiger partial charge in [0.05, 0.1) is 0 Å². The van der Waals surface area contributed by atoms with Crippen LogP contribution in [0.4, 0.5) is 0 Å². The van der Waals surface area contributed by atoms with E-state index in [2.05, 4.69) is 0 Å². The molecule has 1 nitrogen and oxygen atoms in total. The minimum Gasteiger partial charge on any atom is -0.294 e. The van der Waals surface area contributed by atoms with E-state index in [0.29, 0.717) is 11.7 Å². The molecule has 0 spiro atoms. The van der Waals surface area contributed by atoms with Gasteiger partial charge in [-0.3, -0.25) is 4.79 Å². The molecule has 1 aromatic heterocycles. The Morgan fingerprint density at radius 1 is 1.62 bits per heavy atom. The van der Waals surface area contributed by atoms with Gasteiger partial charge in [0.2, 0.25) is 0 Å². The topological polar surface area (TPSA) is 17.1 Å². The molecule has 0 bridgehead atoms. The predicted molar refractivity (Wildman–Crippen MR) is 55.3 cm³/mol. The summed E-state index contributed by atoms with van der Waals surface area (Å²) in [5.41, 5.74) is 0.925. The van der Waals surface area contributed by atoms with E-state index in [-0.39, 0.29) is 0 Å². The molecule has 0 amide bonds. The van der Waals surface area contributed by atoms with Crippen molar-refractivity contribution in [1.82, 2.24) is 0 Å². The highest BCUT2D eigenvalue weighted by Crippen LogP contribution is 2.31. The van der Waals surface area contributed by atoms with Gasteiger partial charge in [0.25, 0.3) is 0 Å². The summed E-state index contributed by atoms with van der Waals surface area (Å²) in [6.07, 6.45) is 4.61. The van der Waals surface area contributed by atoms with Gasteiger partial charge in [-0.15, -0.1) is 11.3 Å². The van der Waals surface area contributed by atoms with Gasteiger partial charge in [0.1, 0.15) is 0 Å². The highest BCUT2D eigenvalue weighted by molar-refractivity contribution is 7.10. The van der Waals surface area contributed by atoms with Gasteiger partial charge < -0.3 is 0 Å². The number of Topliss-reactive ketones (excluding diaryl/α,β-unsaturated/α-hetero) is 1. The van der Waals surface area contributed by atoms with Crippen molar-refractivity contribution in [2.45, 2.75) is 32.6 Å². The van der Waals surface area contributed by atoms with Crippen LogP contribution in [0, 0.1) is 12.8 Å². The summed E-state index contributed by atoms with van der Waals surface area (Å²) in [4.78, 5) is 12.9. The van der Waals surface area contributed by atoms with E-state index >= 15 is 0 Å². The molecule has 1 aliphatic carbocycles. The van der Waals surface area contributed by atoms with Crippen LogP contribution in [0.25, 0.3) is 0 Å². The van der Waals surface area contributed by atoms with E-state index in [1.807, 2.05) is 18.4 Å². The molecule has 1 saturated carbocycles. The number of hydrogen-bond acceptors (Lipinski definition) is 2. The second-order valence-corrected chi connectivity index (χ2v) is 4.99. The van der Waals surface area contributed by atoms with E-state index in [1.54, 1.807) is 11.3 Å². The highest BCUT2D eigenvalue weighted by atomic mass is 32.1. The lowest BCUT2D eigenvalue weighted by atomic mass is 9.81. The number of hydrogen-bond donors (Lipinski definition) is 0. The first-order valence-corrected chi connectivity index (χ1v) is 5.72. The number of thiophene rings is 1. The minimum atomic E-state index is 0.342. The SMILES string of the molecule is Cc1cc(C(=O)CC2CCC2)cs1. The number of ketones is 1. The maximum Gasteiger partial charge on any atom is 0.163 e. The third-order valence-electron chi connectivity index (χ3n) is 2.75. The molecule has 0 N–H and O–H groups in total. The number of rotatable bonds is 3. The Morgan fingerprint density at radius 3 is 2.85 bits per heavy atom. The second kappa shape index (κ2) is 3.62. The van der Waals surface area contributed by atoms with Crippen LogP contribution in [0.15, 0.2) is 11.4 Å². The third kappa shape index (κ3) is 1.99. The molecule has 0 radical (unpaired) electrons. The lowest BCUT2D eigenvalue weighted by Crippen LogP contribution is -2.15. The lowest BCUT2D eigenvalue weighted by molar-refractivity contribution is 0.0937. The van der Waals surface area contributed by atoms with Crippen LogP contribution in [0.5, 0.6) is 0 Å². The molecule has 1 aliphatic rings. The van der Waals surface area contributed by atoms with Crippen LogP contribution in [-0.4, -0.2) is 5.78 Å². The summed E-state index contributed by atoms with van der Waals surface area (Å²) >= 11 is 1.66. The normalized spacial score (nSPS) is 17.0. The van der Waals surface area contributed by atoms with E-state index < -0.39 is 0 Å². The molecule has 0 unspecified atom stereocenters. The maximum atomic E-state index is 11.7. The molecule has 2 heteroatoms. The van der Waals surface area contributed by atoms with E-state index in [1.165, 1.54) is 24.1 Å². The predicted octanol–water partition coefficient (Wildman–Crippen LogP) is 3.43. The Labute approximate surface area is 82.8 Å². The van der Waals surface area contributed by atoms with Crippen molar-refractivity contribution in [3.05, 3.63) is 21.9 Å². The highest BCUT2D eigenvalue weighted by Gasteiger charge is 2.21. The molecule has 0 saturated heterocycles. The summed E-state index contributed by atoms with van der Waals surface area (Å²) in [6.45, 7) is 2.05. The van der Waals surface area contributed by atoms with Gasteiger partial charge in [-0.1, -0.05) is 19.3 Å². The average Bonchev–Trinajstić information content (AvgIpc) is 2.44. The Balaban J connectivity index is 1.96. The van der Waals surface area contributed by atoms with Crippen molar-refractivity contribution in [3.63, 3.8) is 0 Å². The molecule has 1 fully saturated rings. The Morgan fingerprint density at radius 2 is 2.38 bits per heavy atom. The largest absolute Gasteiger partial charge is 0.294 e. The second-order valence-electron chi connectivity index (χ2n) is 3.87. The fraction of sp³-hybridized carbons (Fsp3) is 0.545. The molecule has 1 aromatic rings. The number of carbonyl (C=O) groups excluding carboxylic acids is 1. The number of aryl methyl sites for hydroxylation is 1. The van der Waals surface area contributed by atoms with Crippen LogP contribution in [0.1, 0.15) is 40.9 Å². The van der Waals surface area contributed by atoms with Crippen molar-refractivity contribution in [2.24, 2.45) is 5.92 Å².